The van der Waals surface area contributed by atoms with E-state index in [0.717, 1.165) is 18.7 Å². The molecule has 126 valence electrons. The molecule has 1 aromatic carbocycles. The number of hydrogen-bond acceptors (Lipinski definition) is 3. The smallest absolute Gasteiger partial charge is 0.123 e. The van der Waals surface area contributed by atoms with Crippen molar-refractivity contribution < 1.29 is 9.50 Å². The van der Waals surface area contributed by atoms with Crippen LogP contribution >= 0.6 is 0 Å². The van der Waals surface area contributed by atoms with Crippen LogP contribution in [0.4, 0.5) is 4.39 Å². The minimum atomic E-state index is -1.05. The average molecular weight is 319 g/mol. The van der Waals surface area contributed by atoms with Crippen LogP contribution in [0.2, 0.25) is 0 Å². The highest BCUT2D eigenvalue weighted by Crippen LogP contribution is 2.20. The Balaban J connectivity index is 2.00. The van der Waals surface area contributed by atoms with Gasteiger partial charge in [-0.15, -0.1) is 0 Å². The van der Waals surface area contributed by atoms with Crippen molar-refractivity contribution in [2.24, 2.45) is 0 Å². The summed E-state index contributed by atoms with van der Waals surface area (Å²) in [7, 11) is 0. The van der Waals surface area contributed by atoms with Gasteiger partial charge in [-0.1, -0.05) is 19.1 Å². The van der Waals surface area contributed by atoms with Crippen LogP contribution in [0.5, 0.6) is 0 Å². The molecule has 4 nitrogen and oxygen atoms in total. The predicted octanol–water partition coefficient (Wildman–Crippen LogP) is 3.05. The standard InChI is InChI=1S/C18H26FN3O/c1-5-10-22-14(3)17(13(2)21-22)11-20-12-18(4,23)15-6-8-16(19)9-7-15/h6-9,20,23H,5,10-12H2,1-4H3. The van der Waals surface area contributed by atoms with Gasteiger partial charge in [-0.05, 0) is 44.9 Å². The molecular weight excluding hydrogens is 293 g/mol. The van der Waals surface area contributed by atoms with Gasteiger partial charge in [0.15, 0.2) is 0 Å². The molecule has 0 aliphatic heterocycles. The second kappa shape index (κ2) is 7.23. The lowest BCUT2D eigenvalue weighted by Gasteiger charge is -2.24. The highest BCUT2D eigenvalue weighted by atomic mass is 19.1. The van der Waals surface area contributed by atoms with Gasteiger partial charge in [0.1, 0.15) is 5.82 Å². The second-order valence-corrected chi connectivity index (χ2v) is 6.26. The quantitative estimate of drug-likeness (QED) is 0.825. The lowest BCUT2D eigenvalue weighted by atomic mass is 9.96. The van der Waals surface area contributed by atoms with E-state index in [2.05, 4.69) is 24.3 Å². The van der Waals surface area contributed by atoms with Gasteiger partial charge in [0.05, 0.1) is 11.3 Å². The molecule has 1 atom stereocenters. The lowest BCUT2D eigenvalue weighted by Crippen LogP contribution is -2.35. The Morgan fingerprint density at radius 2 is 1.91 bits per heavy atom. The Morgan fingerprint density at radius 1 is 1.26 bits per heavy atom. The number of aliphatic hydroxyl groups is 1. The maximum absolute atomic E-state index is 13.0. The van der Waals surface area contributed by atoms with Crippen molar-refractivity contribution in [3.05, 3.63) is 52.6 Å². The van der Waals surface area contributed by atoms with Crippen molar-refractivity contribution in [3.8, 4) is 0 Å². The molecule has 23 heavy (non-hydrogen) atoms. The molecule has 0 radical (unpaired) electrons. The first-order valence-electron chi connectivity index (χ1n) is 8.07. The lowest BCUT2D eigenvalue weighted by molar-refractivity contribution is 0.0566. The largest absolute Gasteiger partial charge is 0.384 e. The van der Waals surface area contributed by atoms with Gasteiger partial charge in [-0.25, -0.2) is 4.39 Å². The SMILES string of the molecule is CCCn1nc(C)c(CNCC(C)(O)c2ccc(F)cc2)c1C. The summed E-state index contributed by atoms with van der Waals surface area (Å²) in [5, 5.41) is 18.4. The van der Waals surface area contributed by atoms with E-state index in [9.17, 15) is 9.50 Å². The number of aromatic nitrogens is 2. The molecule has 0 saturated heterocycles. The van der Waals surface area contributed by atoms with Crippen molar-refractivity contribution in [1.82, 2.24) is 15.1 Å². The van der Waals surface area contributed by atoms with Crippen molar-refractivity contribution in [1.29, 1.82) is 0 Å². The summed E-state index contributed by atoms with van der Waals surface area (Å²) in [5.74, 6) is -0.299. The Bertz CT molecular complexity index is 647. The van der Waals surface area contributed by atoms with E-state index in [-0.39, 0.29) is 5.82 Å². The number of nitrogens with zero attached hydrogens (tertiary/aromatic N) is 2. The fourth-order valence-corrected chi connectivity index (χ4v) is 2.76. The van der Waals surface area contributed by atoms with Crippen LogP contribution in [0.3, 0.4) is 0 Å². The molecule has 0 saturated carbocycles. The van der Waals surface area contributed by atoms with Gasteiger partial charge in [0.2, 0.25) is 0 Å². The monoisotopic (exact) mass is 319 g/mol. The Hall–Kier alpha value is -1.72. The molecule has 0 bridgehead atoms. The van der Waals surface area contributed by atoms with Gasteiger partial charge in [0.25, 0.3) is 0 Å². The summed E-state index contributed by atoms with van der Waals surface area (Å²) in [6.45, 7) is 9.90. The first-order valence-corrected chi connectivity index (χ1v) is 8.07. The molecule has 5 heteroatoms. The third kappa shape index (κ3) is 4.18. The van der Waals surface area contributed by atoms with Crippen molar-refractivity contribution >= 4 is 0 Å². The van der Waals surface area contributed by atoms with Gasteiger partial charge in [-0.2, -0.15) is 5.10 Å². The van der Waals surface area contributed by atoms with Crippen LogP contribution in [0.1, 0.15) is 42.8 Å². The molecule has 2 rings (SSSR count). The van der Waals surface area contributed by atoms with E-state index < -0.39 is 5.60 Å². The van der Waals surface area contributed by atoms with E-state index in [0.29, 0.717) is 18.7 Å². The van der Waals surface area contributed by atoms with Gasteiger partial charge in [0, 0.05) is 30.9 Å². The average Bonchev–Trinajstić information content (AvgIpc) is 2.75. The molecule has 1 heterocycles. The van der Waals surface area contributed by atoms with Gasteiger partial charge >= 0.3 is 0 Å². The fourth-order valence-electron chi connectivity index (χ4n) is 2.76. The maximum Gasteiger partial charge on any atom is 0.123 e. The number of hydrogen-bond donors (Lipinski definition) is 2. The molecular formula is C18H26FN3O. The number of nitrogens with one attached hydrogen (secondary N) is 1. The molecule has 1 unspecified atom stereocenters. The summed E-state index contributed by atoms with van der Waals surface area (Å²) in [6, 6.07) is 5.97. The van der Waals surface area contributed by atoms with Gasteiger partial charge < -0.3 is 10.4 Å². The summed E-state index contributed by atoms with van der Waals surface area (Å²) in [6.07, 6.45) is 1.05. The van der Waals surface area contributed by atoms with Crippen molar-refractivity contribution in [2.45, 2.75) is 52.8 Å². The first kappa shape index (κ1) is 17.6. The summed E-state index contributed by atoms with van der Waals surface area (Å²) >= 11 is 0. The van der Waals surface area contributed by atoms with Crippen LogP contribution < -0.4 is 5.32 Å². The Kier molecular flexibility index (Phi) is 5.55. The van der Waals surface area contributed by atoms with E-state index >= 15 is 0 Å². The summed E-state index contributed by atoms with van der Waals surface area (Å²) in [4.78, 5) is 0. The normalized spacial score (nSPS) is 14.0. The summed E-state index contributed by atoms with van der Waals surface area (Å²) < 4.78 is 15.0. The highest BCUT2D eigenvalue weighted by molar-refractivity contribution is 5.25. The zero-order valence-electron chi connectivity index (χ0n) is 14.4. The molecule has 0 fully saturated rings. The van der Waals surface area contributed by atoms with E-state index in [1.165, 1.54) is 23.4 Å². The van der Waals surface area contributed by atoms with Crippen molar-refractivity contribution in [3.63, 3.8) is 0 Å². The molecule has 1 aromatic heterocycles. The zero-order valence-corrected chi connectivity index (χ0v) is 14.4. The fraction of sp³-hybridized carbons (Fsp3) is 0.500. The zero-order chi connectivity index (χ0) is 17.0. The Labute approximate surface area is 137 Å². The van der Waals surface area contributed by atoms with E-state index in [1.54, 1.807) is 19.1 Å². The van der Waals surface area contributed by atoms with Crippen LogP contribution in [0.15, 0.2) is 24.3 Å². The summed E-state index contributed by atoms with van der Waals surface area (Å²) in [5.41, 5.74) is 3.01. The Morgan fingerprint density at radius 3 is 2.52 bits per heavy atom. The predicted molar refractivity (Wildman–Crippen MR) is 89.7 cm³/mol. The van der Waals surface area contributed by atoms with Gasteiger partial charge in [-0.3, -0.25) is 4.68 Å². The molecule has 0 amide bonds. The molecule has 0 aliphatic rings. The number of aryl methyl sites for hydroxylation is 2. The topological polar surface area (TPSA) is 50.1 Å². The third-order valence-electron chi connectivity index (χ3n) is 4.20. The number of rotatable bonds is 7. The second-order valence-electron chi connectivity index (χ2n) is 6.26. The number of benzene rings is 1. The molecule has 0 aliphatic carbocycles. The van der Waals surface area contributed by atoms with Crippen molar-refractivity contribution in [2.75, 3.05) is 6.54 Å². The first-order chi connectivity index (χ1) is 10.8. The van der Waals surface area contributed by atoms with E-state index in [4.69, 9.17) is 0 Å². The minimum absolute atomic E-state index is 0.299. The number of halogens is 1. The highest BCUT2D eigenvalue weighted by Gasteiger charge is 2.23. The van der Waals surface area contributed by atoms with Crippen LogP contribution in [0.25, 0.3) is 0 Å². The molecule has 2 aromatic rings. The van der Waals surface area contributed by atoms with Crippen LogP contribution in [-0.2, 0) is 18.7 Å². The molecule has 0 spiro atoms. The third-order valence-corrected chi connectivity index (χ3v) is 4.20. The van der Waals surface area contributed by atoms with Crippen LogP contribution in [-0.4, -0.2) is 21.4 Å². The minimum Gasteiger partial charge on any atom is -0.384 e. The van der Waals surface area contributed by atoms with E-state index in [1.807, 2.05) is 11.6 Å². The molecule has 2 N–H and O–H groups in total. The maximum atomic E-state index is 13.0. The van der Waals surface area contributed by atoms with Crippen LogP contribution in [0, 0.1) is 19.7 Å².